The molecule has 0 aliphatic carbocycles. The molecule has 0 atom stereocenters. The minimum absolute atomic E-state index is 0.0400. The second-order valence-electron chi connectivity index (χ2n) is 6.24. The molecule has 4 aromatic rings. The number of halogens is 3. The second kappa shape index (κ2) is 7.01. The molecule has 0 amide bonds. The summed E-state index contributed by atoms with van der Waals surface area (Å²) < 4.78 is 43.1. The first kappa shape index (κ1) is 18.1. The summed E-state index contributed by atoms with van der Waals surface area (Å²) in [6.07, 6.45) is -1.10. The van der Waals surface area contributed by atoms with E-state index in [0.29, 0.717) is 16.9 Å². The molecule has 142 valence electrons. The number of aliphatic hydroxyl groups is 1. The van der Waals surface area contributed by atoms with Crippen molar-refractivity contribution in [2.75, 3.05) is 0 Å². The molecular formula is C21H15F3N2O2. The zero-order valence-corrected chi connectivity index (χ0v) is 14.5. The average Bonchev–Trinajstić information content (AvgIpc) is 3.10. The Kier molecular flexibility index (Phi) is 4.52. The quantitative estimate of drug-likeness (QED) is 0.535. The second-order valence-corrected chi connectivity index (χ2v) is 6.24. The van der Waals surface area contributed by atoms with E-state index in [0.717, 1.165) is 16.7 Å². The van der Waals surface area contributed by atoms with Crippen LogP contribution < -0.4 is 4.74 Å². The Morgan fingerprint density at radius 1 is 0.893 bits per heavy atom. The van der Waals surface area contributed by atoms with E-state index in [1.165, 1.54) is 18.2 Å². The predicted octanol–water partition coefficient (Wildman–Crippen LogP) is 5.06. The zero-order chi connectivity index (χ0) is 19.7. The molecule has 0 radical (unpaired) electrons. The van der Waals surface area contributed by atoms with Gasteiger partial charge in [-0.05, 0) is 47.0 Å². The molecule has 2 heterocycles. The van der Waals surface area contributed by atoms with Gasteiger partial charge < -0.3 is 14.2 Å². The molecule has 4 rings (SSSR count). The van der Waals surface area contributed by atoms with Crippen molar-refractivity contribution < 1.29 is 23.0 Å². The lowest BCUT2D eigenvalue weighted by molar-refractivity contribution is -0.274. The van der Waals surface area contributed by atoms with Gasteiger partial charge in [0, 0.05) is 18.0 Å². The SMILES string of the molecule is OCc1cccc(-c2ccc3nc(-c4cccc(OC(F)(F)F)c4)cn3c2)c1. The van der Waals surface area contributed by atoms with Gasteiger partial charge in [-0.15, -0.1) is 13.2 Å². The van der Waals surface area contributed by atoms with Crippen LogP contribution in [0.25, 0.3) is 28.0 Å². The monoisotopic (exact) mass is 384 g/mol. The van der Waals surface area contributed by atoms with Crippen LogP contribution in [0.5, 0.6) is 5.75 Å². The maximum absolute atomic E-state index is 12.4. The number of pyridine rings is 1. The van der Waals surface area contributed by atoms with E-state index in [1.54, 1.807) is 12.3 Å². The van der Waals surface area contributed by atoms with E-state index < -0.39 is 6.36 Å². The Labute approximate surface area is 158 Å². The van der Waals surface area contributed by atoms with Crippen molar-refractivity contribution in [3.05, 3.63) is 78.6 Å². The number of hydrogen-bond acceptors (Lipinski definition) is 3. The van der Waals surface area contributed by atoms with E-state index in [1.807, 2.05) is 47.0 Å². The van der Waals surface area contributed by atoms with Crippen molar-refractivity contribution in [3.8, 4) is 28.1 Å². The molecule has 0 saturated carbocycles. The first-order chi connectivity index (χ1) is 13.4. The third-order valence-corrected chi connectivity index (χ3v) is 4.26. The highest BCUT2D eigenvalue weighted by Gasteiger charge is 2.31. The summed E-state index contributed by atoms with van der Waals surface area (Å²) in [5, 5.41) is 9.31. The number of aromatic nitrogens is 2. The molecule has 7 heteroatoms. The Hall–Kier alpha value is -3.32. The van der Waals surface area contributed by atoms with Crippen LogP contribution in [-0.2, 0) is 6.61 Å². The molecule has 0 spiro atoms. The normalized spacial score (nSPS) is 11.7. The van der Waals surface area contributed by atoms with Gasteiger partial charge in [-0.3, -0.25) is 0 Å². The van der Waals surface area contributed by atoms with Gasteiger partial charge in [0.2, 0.25) is 0 Å². The van der Waals surface area contributed by atoms with Gasteiger partial charge in [0.1, 0.15) is 11.4 Å². The Morgan fingerprint density at radius 3 is 2.46 bits per heavy atom. The van der Waals surface area contributed by atoms with E-state index >= 15 is 0 Å². The number of aliphatic hydroxyl groups excluding tert-OH is 1. The van der Waals surface area contributed by atoms with Crippen molar-refractivity contribution in [3.63, 3.8) is 0 Å². The van der Waals surface area contributed by atoms with Crippen LogP contribution in [0.4, 0.5) is 13.2 Å². The van der Waals surface area contributed by atoms with Gasteiger partial charge in [-0.2, -0.15) is 0 Å². The highest BCUT2D eigenvalue weighted by atomic mass is 19.4. The van der Waals surface area contributed by atoms with Gasteiger partial charge in [-0.25, -0.2) is 4.98 Å². The van der Waals surface area contributed by atoms with Crippen LogP contribution in [-0.4, -0.2) is 20.9 Å². The van der Waals surface area contributed by atoms with Gasteiger partial charge in [-0.1, -0.05) is 30.3 Å². The summed E-state index contributed by atoms with van der Waals surface area (Å²) in [4.78, 5) is 4.48. The Bertz CT molecular complexity index is 1140. The Balaban J connectivity index is 1.70. The third kappa shape index (κ3) is 3.84. The molecule has 0 saturated heterocycles. The molecule has 4 nitrogen and oxygen atoms in total. The van der Waals surface area contributed by atoms with Crippen molar-refractivity contribution in [1.82, 2.24) is 9.38 Å². The number of nitrogens with zero attached hydrogens (tertiary/aromatic N) is 2. The fourth-order valence-electron chi connectivity index (χ4n) is 3.00. The molecule has 0 aliphatic rings. The van der Waals surface area contributed by atoms with Gasteiger partial charge in [0.25, 0.3) is 0 Å². The average molecular weight is 384 g/mol. The largest absolute Gasteiger partial charge is 0.573 e. The lowest BCUT2D eigenvalue weighted by Crippen LogP contribution is -2.17. The van der Waals surface area contributed by atoms with Gasteiger partial charge in [0.15, 0.2) is 0 Å². The summed E-state index contributed by atoms with van der Waals surface area (Å²) in [7, 11) is 0. The van der Waals surface area contributed by atoms with Crippen molar-refractivity contribution >= 4 is 5.65 Å². The number of hydrogen-bond donors (Lipinski definition) is 1. The molecule has 0 bridgehead atoms. The van der Waals surface area contributed by atoms with Gasteiger partial charge in [0.05, 0.1) is 12.3 Å². The summed E-state index contributed by atoms with van der Waals surface area (Å²) in [6, 6.07) is 17.0. The van der Waals surface area contributed by atoms with Crippen LogP contribution >= 0.6 is 0 Å². The highest BCUT2D eigenvalue weighted by molar-refractivity contribution is 5.68. The van der Waals surface area contributed by atoms with Crippen LogP contribution in [0.3, 0.4) is 0 Å². The first-order valence-corrected chi connectivity index (χ1v) is 8.46. The fourth-order valence-corrected chi connectivity index (χ4v) is 3.00. The van der Waals surface area contributed by atoms with Crippen molar-refractivity contribution in [2.24, 2.45) is 0 Å². The minimum atomic E-state index is -4.74. The van der Waals surface area contributed by atoms with Crippen LogP contribution in [0.15, 0.2) is 73.1 Å². The molecule has 1 N–H and O–H groups in total. The predicted molar refractivity (Wildman–Crippen MR) is 98.7 cm³/mol. The van der Waals surface area contributed by atoms with Crippen LogP contribution in [0, 0.1) is 0 Å². The van der Waals surface area contributed by atoms with Crippen molar-refractivity contribution in [1.29, 1.82) is 0 Å². The van der Waals surface area contributed by atoms with Crippen LogP contribution in [0.1, 0.15) is 5.56 Å². The number of ether oxygens (including phenoxy) is 1. The molecule has 28 heavy (non-hydrogen) atoms. The third-order valence-electron chi connectivity index (χ3n) is 4.26. The summed E-state index contributed by atoms with van der Waals surface area (Å²) in [6.45, 7) is -0.0400. The molecule has 2 aromatic heterocycles. The molecular weight excluding hydrogens is 369 g/mol. The molecule has 2 aromatic carbocycles. The molecule has 0 unspecified atom stereocenters. The van der Waals surface area contributed by atoms with E-state index in [9.17, 15) is 18.3 Å². The van der Waals surface area contributed by atoms with Crippen LogP contribution in [0.2, 0.25) is 0 Å². The molecule has 0 aliphatic heterocycles. The summed E-state index contributed by atoms with van der Waals surface area (Å²) in [5.74, 6) is -0.288. The zero-order valence-electron chi connectivity index (χ0n) is 14.5. The summed E-state index contributed by atoms with van der Waals surface area (Å²) >= 11 is 0. The number of imidazole rings is 1. The lowest BCUT2D eigenvalue weighted by Gasteiger charge is -2.09. The number of alkyl halides is 3. The first-order valence-electron chi connectivity index (χ1n) is 8.46. The summed E-state index contributed by atoms with van der Waals surface area (Å²) in [5.41, 5.74) is 4.41. The topological polar surface area (TPSA) is 46.8 Å². The molecule has 0 fully saturated rings. The maximum atomic E-state index is 12.4. The standard InChI is InChI=1S/C21H15F3N2O2/c22-21(23,24)28-18-6-2-5-16(10-18)19-12-26-11-17(7-8-20(26)25-19)15-4-1-3-14(9-15)13-27/h1-12,27H,13H2. The Morgan fingerprint density at radius 2 is 1.68 bits per heavy atom. The number of fused-ring (bicyclic) bond motifs is 1. The number of rotatable bonds is 4. The van der Waals surface area contributed by atoms with E-state index in [4.69, 9.17) is 0 Å². The number of benzene rings is 2. The van der Waals surface area contributed by atoms with Crippen molar-refractivity contribution in [2.45, 2.75) is 13.0 Å². The fraction of sp³-hybridized carbons (Fsp3) is 0.0952. The van der Waals surface area contributed by atoms with E-state index in [-0.39, 0.29) is 12.4 Å². The lowest BCUT2D eigenvalue weighted by atomic mass is 10.1. The van der Waals surface area contributed by atoms with E-state index in [2.05, 4.69) is 9.72 Å². The maximum Gasteiger partial charge on any atom is 0.573 e. The minimum Gasteiger partial charge on any atom is -0.406 e. The smallest absolute Gasteiger partial charge is 0.406 e. The highest BCUT2D eigenvalue weighted by Crippen LogP contribution is 2.28. The van der Waals surface area contributed by atoms with Gasteiger partial charge >= 0.3 is 6.36 Å².